The van der Waals surface area contributed by atoms with Gasteiger partial charge in [0.2, 0.25) is 0 Å². The Morgan fingerprint density at radius 2 is 2.00 bits per heavy atom. The third-order valence-corrected chi connectivity index (χ3v) is 2.83. The summed E-state index contributed by atoms with van der Waals surface area (Å²) < 4.78 is 5.21. The molecule has 1 atom stereocenters. The maximum Gasteiger partial charge on any atom is 0.119 e. The molecule has 0 bridgehead atoms. The molecule has 0 heterocycles. The van der Waals surface area contributed by atoms with E-state index < -0.39 is 0 Å². The quantitative estimate of drug-likeness (QED) is 0.781. The number of hydrogen-bond donors (Lipinski definition) is 1. The van der Waals surface area contributed by atoms with Crippen molar-refractivity contribution in [2.75, 3.05) is 13.7 Å². The summed E-state index contributed by atoms with van der Waals surface area (Å²) in [6.45, 7) is 8.85. The van der Waals surface area contributed by atoms with E-state index in [1.165, 1.54) is 12.0 Å². The molecule has 1 rings (SSSR count). The molecular weight excluding hydrogens is 210 g/mol. The van der Waals surface area contributed by atoms with Gasteiger partial charge in [0.15, 0.2) is 0 Å². The van der Waals surface area contributed by atoms with Gasteiger partial charge >= 0.3 is 0 Å². The van der Waals surface area contributed by atoms with Gasteiger partial charge in [-0.25, -0.2) is 0 Å². The fourth-order valence-corrected chi connectivity index (χ4v) is 2.13. The van der Waals surface area contributed by atoms with Crippen LogP contribution in [-0.4, -0.2) is 13.7 Å². The van der Waals surface area contributed by atoms with Crippen LogP contribution in [0.2, 0.25) is 0 Å². The van der Waals surface area contributed by atoms with Crippen molar-refractivity contribution >= 4 is 0 Å². The minimum Gasteiger partial charge on any atom is -0.497 e. The maximum absolute atomic E-state index is 5.21. The van der Waals surface area contributed by atoms with Crippen LogP contribution in [-0.2, 0) is 6.54 Å². The summed E-state index contributed by atoms with van der Waals surface area (Å²) in [5, 5.41) is 3.50. The molecule has 0 saturated carbocycles. The summed E-state index contributed by atoms with van der Waals surface area (Å²) in [7, 11) is 1.71. The predicted molar refractivity (Wildman–Crippen MR) is 73.3 cm³/mol. The monoisotopic (exact) mass is 235 g/mol. The molecule has 0 aliphatic carbocycles. The zero-order valence-electron chi connectivity index (χ0n) is 11.5. The van der Waals surface area contributed by atoms with Crippen molar-refractivity contribution < 1.29 is 4.74 Å². The van der Waals surface area contributed by atoms with Gasteiger partial charge in [0, 0.05) is 6.54 Å². The number of methoxy groups -OCH3 is 1. The molecule has 2 nitrogen and oxygen atoms in total. The van der Waals surface area contributed by atoms with Crippen molar-refractivity contribution in [1.82, 2.24) is 5.32 Å². The van der Waals surface area contributed by atoms with E-state index in [0.29, 0.717) is 0 Å². The molecular formula is C15H25NO. The summed E-state index contributed by atoms with van der Waals surface area (Å²) in [5.74, 6) is 2.45. The van der Waals surface area contributed by atoms with Crippen LogP contribution in [0.3, 0.4) is 0 Å². The average Bonchev–Trinajstić information content (AvgIpc) is 2.28. The molecule has 0 radical (unpaired) electrons. The molecule has 1 unspecified atom stereocenters. The van der Waals surface area contributed by atoms with Crippen molar-refractivity contribution in [3.05, 3.63) is 29.8 Å². The van der Waals surface area contributed by atoms with Crippen molar-refractivity contribution in [2.24, 2.45) is 11.8 Å². The first-order valence-corrected chi connectivity index (χ1v) is 6.45. The summed E-state index contributed by atoms with van der Waals surface area (Å²) in [4.78, 5) is 0. The summed E-state index contributed by atoms with van der Waals surface area (Å²) in [6, 6.07) is 8.22. The Labute approximate surface area is 105 Å². The lowest BCUT2D eigenvalue weighted by atomic mass is 9.99. The van der Waals surface area contributed by atoms with Gasteiger partial charge in [0.25, 0.3) is 0 Å². The Kier molecular flexibility index (Phi) is 6.06. The van der Waals surface area contributed by atoms with Gasteiger partial charge in [0.05, 0.1) is 7.11 Å². The second kappa shape index (κ2) is 7.33. The van der Waals surface area contributed by atoms with Gasteiger partial charge in [-0.2, -0.15) is 0 Å². The average molecular weight is 235 g/mol. The SMILES string of the molecule is COc1cccc(CNCC(C)CC(C)C)c1. The summed E-state index contributed by atoms with van der Waals surface area (Å²) >= 11 is 0. The van der Waals surface area contributed by atoms with Gasteiger partial charge in [0.1, 0.15) is 5.75 Å². The second-order valence-corrected chi connectivity index (χ2v) is 5.22. The van der Waals surface area contributed by atoms with E-state index in [2.05, 4.69) is 38.2 Å². The largest absolute Gasteiger partial charge is 0.497 e. The number of benzene rings is 1. The fraction of sp³-hybridized carbons (Fsp3) is 0.600. The topological polar surface area (TPSA) is 21.3 Å². The van der Waals surface area contributed by atoms with Gasteiger partial charge in [-0.1, -0.05) is 32.9 Å². The lowest BCUT2D eigenvalue weighted by Gasteiger charge is -2.14. The molecule has 2 heteroatoms. The van der Waals surface area contributed by atoms with Crippen molar-refractivity contribution in [2.45, 2.75) is 33.7 Å². The molecule has 0 aromatic heterocycles. The lowest BCUT2D eigenvalue weighted by molar-refractivity contribution is 0.409. The van der Waals surface area contributed by atoms with Crippen LogP contribution in [0.25, 0.3) is 0 Å². The standard InChI is InChI=1S/C15H25NO/c1-12(2)8-13(3)10-16-11-14-6-5-7-15(9-14)17-4/h5-7,9,12-13,16H,8,10-11H2,1-4H3. The van der Waals surface area contributed by atoms with Crippen LogP contribution in [0.5, 0.6) is 5.75 Å². The normalized spacial score (nSPS) is 12.8. The highest BCUT2D eigenvalue weighted by Crippen LogP contribution is 2.13. The van der Waals surface area contributed by atoms with Crippen LogP contribution < -0.4 is 10.1 Å². The molecule has 0 fully saturated rings. The molecule has 1 aromatic carbocycles. The van der Waals surface area contributed by atoms with Crippen LogP contribution >= 0.6 is 0 Å². The van der Waals surface area contributed by atoms with Crippen LogP contribution in [0.15, 0.2) is 24.3 Å². The second-order valence-electron chi connectivity index (χ2n) is 5.22. The summed E-state index contributed by atoms with van der Waals surface area (Å²) in [5.41, 5.74) is 1.28. The first-order valence-electron chi connectivity index (χ1n) is 6.45. The Bertz CT molecular complexity index is 322. The predicted octanol–water partition coefficient (Wildman–Crippen LogP) is 3.47. The van der Waals surface area contributed by atoms with E-state index in [4.69, 9.17) is 4.74 Å². The lowest BCUT2D eigenvalue weighted by Crippen LogP contribution is -2.21. The number of ether oxygens (including phenoxy) is 1. The Morgan fingerprint density at radius 1 is 1.24 bits per heavy atom. The Morgan fingerprint density at radius 3 is 2.65 bits per heavy atom. The molecule has 1 N–H and O–H groups in total. The van der Waals surface area contributed by atoms with E-state index in [9.17, 15) is 0 Å². The van der Waals surface area contributed by atoms with E-state index >= 15 is 0 Å². The van der Waals surface area contributed by atoms with Crippen LogP contribution in [0, 0.1) is 11.8 Å². The van der Waals surface area contributed by atoms with Crippen molar-refractivity contribution in [3.8, 4) is 5.75 Å². The maximum atomic E-state index is 5.21. The number of rotatable bonds is 7. The van der Waals surface area contributed by atoms with Gasteiger partial charge in [-0.15, -0.1) is 0 Å². The molecule has 1 aromatic rings. The molecule has 17 heavy (non-hydrogen) atoms. The number of nitrogens with one attached hydrogen (secondary N) is 1. The fourth-order valence-electron chi connectivity index (χ4n) is 2.13. The Hall–Kier alpha value is -1.02. The molecule has 96 valence electrons. The highest BCUT2D eigenvalue weighted by Gasteiger charge is 2.04. The minimum atomic E-state index is 0.737. The number of hydrogen-bond acceptors (Lipinski definition) is 2. The van der Waals surface area contributed by atoms with Crippen LogP contribution in [0.1, 0.15) is 32.8 Å². The van der Waals surface area contributed by atoms with Crippen molar-refractivity contribution in [3.63, 3.8) is 0 Å². The third-order valence-electron chi connectivity index (χ3n) is 2.83. The van der Waals surface area contributed by atoms with E-state index in [1.807, 2.05) is 12.1 Å². The molecule has 0 aliphatic heterocycles. The highest BCUT2D eigenvalue weighted by molar-refractivity contribution is 5.28. The first kappa shape index (κ1) is 14.0. The van der Waals surface area contributed by atoms with E-state index in [1.54, 1.807) is 7.11 Å². The van der Waals surface area contributed by atoms with E-state index in [0.717, 1.165) is 30.7 Å². The summed E-state index contributed by atoms with van der Waals surface area (Å²) in [6.07, 6.45) is 1.28. The minimum absolute atomic E-state index is 0.737. The molecule has 0 aliphatic rings. The van der Waals surface area contributed by atoms with E-state index in [-0.39, 0.29) is 0 Å². The Balaban J connectivity index is 2.30. The van der Waals surface area contributed by atoms with Gasteiger partial charge in [-0.3, -0.25) is 0 Å². The zero-order valence-corrected chi connectivity index (χ0v) is 11.5. The zero-order chi connectivity index (χ0) is 12.7. The van der Waals surface area contributed by atoms with Gasteiger partial charge in [-0.05, 0) is 42.5 Å². The smallest absolute Gasteiger partial charge is 0.119 e. The molecule has 0 saturated heterocycles. The molecule has 0 spiro atoms. The van der Waals surface area contributed by atoms with Crippen molar-refractivity contribution in [1.29, 1.82) is 0 Å². The van der Waals surface area contributed by atoms with Gasteiger partial charge < -0.3 is 10.1 Å². The third kappa shape index (κ3) is 5.73. The highest BCUT2D eigenvalue weighted by atomic mass is 16.5. The van der Waals surface area contributed by atoms with Crippen LogP contribution in [0.4, 0.5) is 0 Å². The molecule has 0 amide bonds. The first-order chi connectivity index (χ1) is 8.11.